The number of nitrogens with zero attached hydrogens (tertiary/aromatic N) is 2. The summed E-state index contributed by atoms with van der Waals surface area (Å²) >= 11 is 0. The highest BCUT2D eigenvalue weighted by Gasteiger charge is 2.51. The number of hydrogen-bond donors (Lipinski definition) is 0. The van der Waals surface area contributed by atoms with E-state index in [1.807, 2.05) is 0 Å². The smallest absolute Gasteiger partial charge is 0.265 e. The molecular weight excluding hydrogens is 202 g/mol. The van der Waals surface area contributed by atoms with Crippen LogP contribution in [0.2, 0.25) is 0 Å². The number of amides is 1. The van der Waals surface area contributed by atoms with Crippen LogP contribution in [0.1, 0.15) is 6.92 Å². The Bertz CT molecular complexity index is 428. The normalized spacial score (nSPS) is 19.3. The number of para-hydroxylation sites is 1. The maximum atomic E-state index is 13.1. The van der Waals surface area contributed by atoms with Crippen molar-refractivity contribution in [1.29, 1.82) is 0 Å². The molecule has 3 nitrogen and oxygen atoms in total. The summed E-state index contributed by atoms with van der Waals surface area (Å²) in [6, 6.07) is 8.15. The molecule has 1 heterocycles. The minimum absolute atomic E-state index is 0.346. The van der Waals surface area contributed by atoms with E-state index in [4.69, 9.17) is 0 Å². The summed E-state index contributed by atoms with van der Waals surface area (Å²) in [6.45, 7) is 1.14. The molecule has 0 aliphatic carbocycles. The fraction of sp³-hybridized carbons (Fsp3) is 0.200. The van der Waals surface area contributed by atoms with E-state index in [1.165, 1.54) is 0 Å². The first-order chi connectivity index (χ1) is 7.03. The summed E-state index contributed by atoms with van der Waals surface area (Å²) in [7, 11) is 0. The molecule has 1 aliphatic heterocycles. The highest BCUT2D eigenvalue weighted by molar-refractivity contribution is 6.19. The lowest BCUT2D eigenvalue weighted by Crippen LogP contribution is -2.37. The van der Waals surface area contributed by atoms with Gasteiger partial charge in [-0.05, 0) is 19.1 Å². The number of benzene rings is 1. The van der Waals surface area contributed by atoms with E-state index in [0.29, 0.717) is 5.69 Å². The lowest BCUT2D eigenvalue weighted by atomic mass is 10.2. The van der Waals surface area contributed by atoms with Gasteiger partial charge in [0.25, 0.3) is 0 Å². The third-order valence-electron chi connectivity index (χ3n) is 2.17. The molecule has 0 spiro atoms. The van der Waals surface area contributed by atoms with E-state index in [9.17, 15) is 13.6 Å². The average molecular weight is 210 g/mol. The largest absolute Gasteiger partial charge is 0.366 e. The zero-order valence-electron chi connectivity index (χ0n) is 7.95. The van der Waals surface area contributed by atoms with Crippen molar-refractivity contribution in [3.05, 3.63) is 30.3 Å². The number of halogens is 2. The maximum absolute atomic E-state index is 13.1. The minimum Gasteiger partial charge on any atom is -0.265 e. The number of carbonyl (C=O) groups excluding carboxylic acids is 1. The first-order valence-corrected chi connectivity index (χ1v) is 4.36. The molecule has 1 aromatic rings. The van der Waals surface area contributed by atoms with Crippen molar-refractivity contribution in [3.8, 4) is 0 Å². The van der Waals surface area contributed by atoms with Crippen molar-refractivity contribution in [3.63, 3.8) is 0 Å². The van der Waals surface area contributed by atoms with Gasteiger partial charge in [-0.1, -0.05) is 18.2 Å². The molecule has 0 fully saturated rings. The average Bonchev–Trinajstić information content (AvgIpc) is 2.44. The number of carbonyl (C=O) groups is 1. The fourth-order valence-corrected chi connectivity index (χ4v) is 1.29. The van der Waals surface area contributed by atoms with Gasteiger partial charge in [0, 0.05) is 0 Å². The van der Waals surface area contributed by atoms with Gasteiger partial charge in [0.1, 0.15) is 5.71 Å². The molecule has 0 saturated heterocycles. The quantitative estimate of drug-likeness (QED) is 0.698. The van der Waals surface area contributed by atoms with Gasteiger partial charge in [0.05, 0.1) is 5.69 Å². The van der Waals surface area contributed by atoms with Crippen molar-refractivity contribution in [2.75, 3.05) is 5.01 Å². The lowest BCUT2D eigenvalue weighted by molar-refractivity contribution is -0.132. The van der Waals surface area contributed by atoms with Gasteiger partial charge in [-0.25, -0.2) is 0 Å². The number of alkyl halides is 2. The van der Waals surface area contributed by atoms with Crippen LogP contribution in [-0.2, 0) is 4.79 Å². The van der Waals surface area contributed by atoms with Crippen molar-refractivity contribution in [2.45, 2.75) is 12.8 Å². The molecule has 0 radical (unpaired) electrons. The highest BCUT2D eigenvalue weighted by Crippen LogP contribution is 2.29. The SMILES string of the molecule is CC1=NN(c2ccccc2)C(=O)C1(F)F. The second-order valence-electron chi connectivity index (χ2n) is 3.21. The lowest BCUT2D eigenvalue weighted by Gasteiger charge is -2.12. The predicted octanol–water partition coefficient (Wildman–Crippen LogP) is 2.04. The molecule has 15 heavy (non-hydrogen) atoms. The summed E-state index contributed by atoms with van der Waals surface area (Å²) in [5.41, 5.74) is -0.129. The van der Waals surface area contributed by atoms with E-state index < -0.39 is 17.5 Å². The molecule has 0 aromatic heterocycles. The number of anilines is 1. The first kappa shape index (κ1) is 9.76. The van der Waals surface area contributed by atoms with Crippen LogP contribution < -0.4 is 5.01 Å². The van der Waals surface area contributed by atoms with Gasteiger partial charge in [-0.15, -0.1) is 0 Å². The number of hydrogen-bond acceptors (Lipinski definition) is 2. The van der Waals surface area contributed by atoms with Gasteiger partial charge in [0.2, 0.25) is 0 Å². The third-order valence-corrected chi connectivity index (χ3v) is 2.17. The molecule has 1 aliphatic rings. The zero-order chi connectivity index (χ0) is 11.1. The maximum Gasteiger partial charge on any atom is 0.366 e. The molecule has 0 saturated carbocycles. The molecule has 0 N–H and O–H groups in total. The van der Waals surface area contributed by atoms with Gasteiger partial charge >= 0.3 is 11.8 Å². The van der Waals surface area contributed by atoms with E-state index in [2.05, 4.69) is 5.10 Å². The van der Waals surface area contributed by atoms with Crippen LogP contribution in [-0.4, -0.2) is 17.5 Å². The van der Waals surface area contributed by atoms with Crippen LogP contribution in [0.4, 0.5) is 14.5 Å². The minimum atomic E-state index is -3.48. The zero-order valence-corrected chi connectivity index (χ0v) is 7.95. The molecule has 1 amide bonds. The Kier molecular flexibility index (Phi) is 2.03. The van der Waals surface area contributed by atoms with Crippen LogP contribution in [0.5, 0.6) is 0 Å². The second-order valence-corrected chi connectivity index (χ2v) is 3.21. The second kappa shape index (κ2) is 3.12. The summed E-state index contributed by atoms with van der Waals surface area (Å²) in [5, 5.41) is 4.27. The summed E-state index contributed by atoms with van der Waals surface area (Å²) < 4.78 is 26.3. The molecular formula is C10H8F2N2O. The molecule has 0 bridgehead atoms. The van der Waals surface area contributed by atoms with E-state index in [0.717, 1.165) is 11.9 Å². The Hall–Kier alpha value is -1.78. The molecule has 78 valence electrons. The number of rotatable bonds is 1. The summed E-state index contributed by atoms with van der Waals surface area (Å²) in [4.78, 5) is 11.3. The van der Waals surface area contributed by atoms with Crippen LogP contribution in [0.15, 0.2) is 35.4 Å². The first-order valence-electron chi connectivity index (χ1n) is 4.36. The van der Waals surface area contributed by atoms with Crippen LogP contribution in [0.25, 0.3) is 0 Å². The van der Waals surface area contributed by atoms with E-state index in [1.54, 1.807) is 30.3 Å². The fourth-order valence-electron chi connectivity index (χ4n) is 1.29. The van der Waals surface area contributed by atoms with E-state index >= 15 is 0 Å². The Morgan fingerprint density at radius 3 is 2.33 bits per heavy atom. The Labute approximate surface area is 85.0 Å². The van der Waals surface area contributed by atoms with Crippen LogP contribution >= 0.6 is 0 Å². The standard InChI is InChI=1S/C10H8F2N2O/c1-7-10(11,12)9(15)14(13-7)8-5-3-2-4-6-8/h2-6H,1H3. The van der Waals surface area contributed by atoms with Gasteiger partial charge in [-0.2, -0.15) is 18.9 Å². The highest BCUT2D eigenvalue weighted by atomic mass is 19.3. The van der Waals surface area contributed by atoms with Crippen LogP contribution in [0, 0.1) is 0 Å². The monoisotopic (exact) mass is 210 g/mol. The molecule has 2 rings (SSSR count). The Morgan fingerprint density at radius 2 is 1.87 bits per heavy atom. The van der Waals surface area contributed by atoms with Gasteiger partial charge in [0.15, 0.2) is 0 Å². The molecule has 0 atom stereocenters. The van der Waals surface area contributed by atoms with Gasteiger partial charge < -0.3 is 0 Å². The van der Waals surface area contributed by atoms with Crippen molar-refractivity contribution >= 4 is 17.3 Å². The van der Waals surface area contributed by atoms with Crippen molar-refractivity contribution in [2.24, 2.45) is 5.10 Å². The number of hydrazone groups is 1. The Morgan fingerprint density at radius 1 is 1.27 bits per heavy atom. The topological polar surface area (TPSA) is 32.7 Å². The summed E-state index contributed by atoms with van der Waals surface area (Å²) in [6.07, 6.45) is 0. The third kappa shape index (κ3) is 1.40. The van der Waals surface area contributed by atoms with Crippen LogP contribution in [0.3, 0.4) is 0 Å². The summed E-state index contributed by atoms with van der Waals surface area (Å²) in [5.74, 6) is -4.78. The van der Waals surface area contributed by atoms with Crippen molar-refractivity contribution in [1.82, 2.24) is 0 Å². The van der Waals surface area contributed by atoms with E-state index in [-0.39, 0.29) is 0 Å². The molecule has 5 heteroatoms. The Balaban J connectivity index is 2.40. The van der Waals surface area contributed by atoms with Gasteiger partial charge in [-0.3, -0.25) is 4.79 Å². The molecule has 1 aromatic carbocycles. The molecule has 0 unspecified atom stereocenters. The predicted molar refractivity (Wildman–Crippen MR) is 52.0 cm³/mol. The van der Waals surface area contributed by atoms with Crippen molar-refractivity contribution < 1.29 is 13.6 Å².